The molecule has 7 heteroatoms. The van der Waals surface area contributed by atoms with Gasteiger partial charge in [0.25, 0.3) is 0 Å². The number of allylic oxidation sites excluding steroid dienone is 1. The van der Waals surface area contributed by atoms with Crippen LogP contribution in [0.2, 0.25) is 5.02 Å². The molecule has 0 atom stereocenters. The van der Waals surface area contributed by atoms with Crippen molar-refractivity contribution in [1.29, 1.82) is 0 Å². The summed E-state index contributed by atoms with van der Waals surface area (Å²) in [6.45, 7) is 14.9. The van der Waals surface area contributed by atoms with Crippen molar-refractivity contribution < 1.29 is 0 Å². The number of rotatable bonds is 6. The fourth-order valence-electron chi connectivity index (χ4n) is 3.74. The molecule has 0 amide bonds. The van der Waals surface area contributed by atoms with Crippen molar-refractivity contribution in [3.05, 3.63) is 90.0 Å². The highest BCUT2D eigenvalue weighted by Gasteiger charge is 2.24. The molecule has 1 aliphatic rings. The maximum Gasteiger partial charge on any atom is 0.144 e. The summed E-state index contributed by atoms with van der Waals surface area (Å²) in [5.74, 6) is 0.820. The predicted octanol–water partition coefficient (Wildman–Crippen LogP) is 5.64. The van der Waals surface area contributed by atoms with Crippen molar-refractivity contribution in [2.75, 3.05) is 12.4 Å². The van der Waals surface area contributed by atoms with Gasteiger partial charge in [0, 0.05) is 59.4 Å². The molecule has 4 rings (SSSR count). The molecule has 0 unspecified atom stereocenters. The van der Waals surface area contributed by atoms with Crippen LogP contribution in [-0.4, -0.2) is 27.8 Å². The smallest absolute Gasteiger partial charge is 0.144 e. The Hall–Kier alpha value is -3.77. The van der Waals surface area contributed by atoms with E-state index >= 15 is 0 Å². The summed E-state index contributed by atoms with van der Waals surface area (Å²) < 4.78 is 2.06. The summed E-state index contributed by atoms with van der Waals surface area (Å²) >= 11 is 6.23. The summed E-state index contributed by atoms with van der Waals surface area (Å²) in [5.41, 5.74) is 14.0. The Balaban J connectivity index is 1.75. The number of nitrogens with one attached hydrogen (secondary N) is 1. The molecule has 0 fully saturated rings. The van der Waals surface area contributed by atoms with Crippen molar-refractivity contribution in [1.82, 2.24) is 14.5 Å². The van der Waals surface area contributed by atoms with Gasteiger partial charge in [0.15, 0.2) is 0 Å². The Morgan fingerprint density at radius 1 is 1.25 bits per heavy atom. The lowest BCUT2D eigenvalue weighted by atomic mass is 9.96. The molecule has 0 aliphatic carbocycles. The first-order valence-corrected chi connectivity index (χ1v) is 10.4. The van der Waals surface area contributed by atoms with Crippen molar-refractivity contribution in [3.63, 3.8) is 0 Å². The molecule has 1 aliphatic heterocycles. The van der Waals surface area contributed by atoms with Gasteiger partial charge in [-0.2, -0.15) is 0 Å². The van der Waals surface area contributed by atoms with E-state index in [0.717, 1.165) is 50.7 Å². The molecular formula is C25H25ClN6. The zero-order chi connectivity index (χ0) is 23.0. The first-order chi connectivity index (χ1) is 15.3. The number of hydrogen-bond donors (Lipinski definition) is 2. The molecule has 0 saturated heterocycles. The van der Waals surface area contributed by atoms with Crippen LogP contribution in [0.5, 0.6) is 0 Å². The number of hydrogen-bond acceptors (Lipinski definition) is 5. The second kappa shape index (κ2) is 8.40. The largest absolute Gasteiger partial charge is 0.399 e. The van der Waals surface area contributed by atoms with Crippen LogP contribution in [0, 0.1) is 6.92 Å². The number of pyridine rings is 1. The lowest BCUT2D eigenvalue weighted by molar-refractivity contribution is 0.724. The van der Waals surface area contributed by atoms with E-state index in [2.05, 4.69) is 64.0 Å². The monoisotopic (exact) mass is 444 g/mol. The summed E-state index contributed by atoms with van der Waals surface area (Å²) in [5, 5.41) is 3.80. The maximum atomic E-state index is 6.23. The van der Waals surface area contributed by atoms with Crippen LogP contribution in [0.25, 0.3) is 22.5 Å². The van der Waals surface area contributed by atoms with Gasteiger partial charge in [-0.3, -0.25) is 4.98 Å². The van der Waals surface area contributed by atoms with E-state index in [1.807, 2.05) is 24.9 Å². The van der Waals surface area contributed by atoms with E-state index in [-0.39, 0.29) is 0 Å². The van der Waals surface area contributed by atoms with Crippen LogP contribution < -0.4 is 11.1 Å². The van der Waals surface area contributed by atoms with Crippen molar-refractivity contribution in [2.24, 2.45) is 10.7 Å². The molecule has 32 heavy (non-hydrogen) atoms. The Kier molecular flexibility index (Phi) is 5.63. The third kappa shape index (κ3) is 3.92. The van der Waals surface area contributed by atoms with Crippen LogP contribution in [0.3, 0.4) is 0 Å². The van der Waals surface area contributed by atoms with E-state index in [1.54, 1.807) is 18.7 Å². The van der Waals surface area contributed by atoms with Gasteiger partial charge in [-0.15, -0.1) is 0 Å². The van der Waals surface area contributed by atoms with E-state index in [1.165, 1.54) is 0 Å². The third-order valence-electron chi connectivity index (χ3n) is 5.46. The quantitative estimate of drug-likeness (QED) is 0.515. The number of aromatic nitrogens is 2. The van der Waals surface area contributed by atoms with Gasteiger partial charge in [0.2, 0.25) is 0 Å². The minimum Gasteiger partial charge on any atom is -0.399 e. The Labute approximate surface area is 193 Å². The van der Waals surface area contributed by atoms with Gasteiger partial charge in [-0.25, -0.2) is 4.99 Å². The summed E-state index contributed by atoms with van der Waals surface area (Å²) in [4.78, 5) is 10.6. The molecule has 6 nitrogen and oxygen atoms in total. The molecule has 162 valence electrons. The Morgan fingerprint density at radius 2 is 2.03 bits per heavy atom. The van der Waals surface area contributed by atoms with Crippen molar-refractivity contribution in [3.8, 4) is 11.1 Å². The van der Waals surface area contributed by atoms with Crippen molar-refractivity contribution >= 4 is 40.8 Å². The molecule has 0 radical (unpaired) electrons. The average Bonchev–Trinajstić information content (AvgIpc) is 3.11. The van der Waals surface area contributed by atoms with Gasteiger partial charge in [-0.1, -0.05) is 43.5 Å². The molecule has 3 aromatic rings. The fourth-order valence-corrected chi connectivity index (χ4v) is 3.91. The molecule has 0 bridgehead atoms. The number of nitrogens with two attached hydrogens (primary N) is 1. The standard InChI is InChI=1S/C25H25ClN6/c1-15-6-7-19(10-20(15)17(3)27)21-13-32(25-24(21)18(4)31(5)14-29-25)12-16(2)30-23-8-9-28-11-22(23)26/h6-11,13-14H,2-4,12,27H2,1,5H3,(H,28,30). The van der Waals surface area contributed by atoms with Crippen LogP contribution >= 0.6 is 11.6 Å². The maximum absolute atomic E-state index is 6.23. The van der Waals surface area contributed by atoms with Gasteiger partial charge in [-0.05, 0) is 30.2 Å². The predicted molar refractivity (Wildman–Crippen MR) is 135 cm³/mol. The van der Waals surface area contributed by atoms with Crippen molar-refractivity contribution in [2.45, 2.75) is 13.5 Å². The zero-order valence-corrected chi connectivity index (χ0v) is 18.9. The highest BCUT2D eigenvalue weighted by atomic mass is 35.5. The van der Waals surface area contributed by atoms with Crippen LogP contribution in [0.15, 0.2) is 73.3 Å². The third-order valence-corrected chi connectivity index (χ3v) is 5.76. The number of nitrogens with zero attached hydrogens (tertiary/aromatic N) is 4. The zero-order valence-electron chi connectivity index (χ0n) is 18.2. The molecular weight excluding hydrogens is 420 g/mol. The number of aryl methyl sites for hydroxylation is 1. The fraction of sp³-hybridized carbons (Fsp3) is 0.120. The topological polar surface area (TPSA) is 71.5 Å². The summed E-state index contributed by atoms with van der Waals surface area (Å²) in [6.07, 6.45) is 7.11. The molecule has 1 aromatic carbocycles. The van der Waals surface area contributed by atoms with Gasteiger partial charge in [0.1, 0.15) is 5.82 Å². The number of anilines is 1. The number of fused-ring (bicyclic) bond motifs is 1. The summed E-state index contributed by atoms with van der Waals surface area (Å²) in [6, 6.07) is 8.01. The SMILES string of the molecule is C=C(Cn1cc(-c2ccc(C)c(C(=C)N)c2)c2c1N=CN(C)C2=C)Nc1ccncc1Cl. The van der Waals surface area contributed by atoms with Crippen LogP contribution in [-0.2, 0) is 6.54 Å². The van der Waals surface area contributed by atoms with Crippen LogP contribution in [0.1, 0.15) is 16.7 Å². The molecule has 0 spiro atoms. The number of benzene rings is 1. The summed E-state index contributed by atoms with van der Waals surface area (Å²) in [7, 11) is 1.93. The molecule has 2 aromatic heterocycles. The first-order valence-electron chi connectivity index (χ1n) is 10.1. The highest BCUT2D eigenvalue weighted by Crippen LogP contribution is 2.41. The Morgan fingerprint density at radius 3 is 2.75 bits per heavy atom. The molecule has 3 N–H and O–H groups in total. The van der Waals surface area contributed by atoms with Gasteiger partial charge < -0.3 is 20.5 Å². The van der Waals surface area contributed by atoms with E-state index in [4.69, 9.17) is 17.3 Å². The lowest BCUT2D eigenvalue weighted by Crippen LogP contribution is -2.17. The van der Waals surface area contributed by atoms with E-state index in [9.17, 15) is 0 Å². The second-order valence-corrected chi connectivity index (χ2v) is 8.22. The number of halogens is 1. The van der Waals surface area contributed by atoms with Gasteiger partial charge >= 0.3 is 0 Å². The van der Waals surface area contributed by atoms with E-state index < -0.39 is 0 Å². The normalized spacial score (nSPS) is 12.6. The first kappa shape index (κ1) is 21.5. The molecule has 3 heterocycles. The molecule has 0 saturated carbocycles. The minimum absolute atomic E-state index is 0.498. The lowest BCUT2D eigenvalue weighted by Gasteiger charge is -2.22. The van der Waals surface area contributed by atoms with E-state index in [0.29, 0.717) is 17.3 Å². The average molecular weight is 445 g/mol. The highest BCUT2D eigenvalue weighted by molar-refractivity contribution is 6.33. The van der Waals surface area contributed by atoms with Gasteiger partial charge in [0.05, 0.1) is 23.6 Å². The second-order valence-electron chi connectivity index (χ2n) is 7.81. The van der Waals surface area contributed by atoms with Crippen LogP contribution in [0.4, 0.5) is 11.5 Å². The number of aliphatic imine (C=N–C) groups is 1. The minimum atomic E-state index is 0.498. The Bertz CT molecular complexity index is 1280.